The molecule has 0 aromatic heterocycles. The van der Waals surface area contributed by atoms with Gasteiger partial charge in [0.05, 0.1) is 0 Å². The highest BCUT2D eigenvalue weighted by molar-refractivity contribution is 5.95. The zero-order valence-corrected chi connectivity index (χ0v) is 7.13. The van der Waals surface area contributed by atoms with Gasteiger partial charge in [-0.1, -0.05) is 5.92 Å². The summed E-state index contributed by atoms with van der Waals surface area (Å²) in [6, 6.07) is -1.06. The van der Waals surface area contributed by atoms with E-state index in [1.165, 1.54) is 6.92 Å². The van der Waals surface area contributed by atoms with E-state index in [-0.39, 0.29) is 6.42 Å². The summed E-state index contributed by atoms with van der Waals surface area (Å²) >= 11 is 0. The van der Waals surface area contributed by atoms with E-state index in [1.54, 1.807) is 0 Å². The van der Waals surface area contributed by atoms with Crippen LogP contribution in [0.2, 0.25) is 0 Å². The molecular formula is C9H9NO3. The number of carboxylic acid groups (broad SMARTS) is 1. The summed E-state index contributed by atoms with van der Waals surface area (Å²) in [6.45, 7) is 1.48. The number of carboxylic acids is 1. The molecule has 0 saturated carbocycles. The van der Waals surface area contributed by atoms with Crippen LogP contribution in [-0.4, -0.2) is 23.0 Å². The molecule has 1 amide bonds. The molecule has 2 N–H and O–H groups in total. The highest BCUT2D eigenvalue weighted by Gasteiger charge is 2.17. The first kappa shape index (κ1) is 11.1. The lowest BCUT2D eigenvalue weighted by Crippen LogP contribution is -2.39. The van der Waals surface area contributed by atoms with Crippen LogP contribution in [0.4, 0.5) is 0 Å². The Bertz CT molecular complexity index is 303. The molecule has 4 heteroatoms. The van der Waals surface area contributed by atoms with E-state index in [9.17, 15) is 9.59 Å². The van der Waals surface area contributed by atoms with Gasteiger partial charge in [0.2, 0.25) is 0 Å². The lowest BCUT2D eigenvalue weighted by molar-refractivity contribution is -0.140. The van der Waals surface area contributed by atoms with Crippen LogP contribution in [-0.2, 0) is 9.59 Å². The molecule has 0 aliphatic heterocycles. The Labute approximate surface area is 76.3 Å². The molecule has 1 atom stereocenters. The number of nitrogens with one attached hydrogen (secondary N) is 1. The molecule has 0 fully saturated rings. The minimum atomic E-state index is -1.16. The number of hydrogen-bond donors (Lipinski definition) is 2. The minimum absolute atomic E-state index is 0.0491. The van der Waals surface area contributed by atoms with E-state index in [1.807, 2.05) is 0 Å². The van der Waals surface area contributed by atoms with Crippen molar-refractivity contribution in [1.82, 2.24) is 5.32 Å². The molecular weight excluding hydrogens is 170 g/mol. The minimum Gasteiger partial charge on any atom is -0.480 e. The molecule has 1 unspecified atom stereocenters. The Balaban J connectivity index is 4.25. The van der Waals surface area contributed by atoms with Gasteiger partial charge in [-0.25, -0.2) is 4.79 Å². The quantitative estimate of drug-likeness (QED) is 0.579. The fourth-order valence-electron chi connectivity index (χ4n) is 0.626. The van der Waals surface area contributed by atoms with Crippen molar-refractivity contribution in [2.24, 2.45) is 0 Å². The van der Waals surface area contributed by atoms with E-state index < -0.39 is 17.9 Å². The van der Waals surface area contributed by atoms with Gasteiger partial charge in [-0.15, -0.1) is 12.3 Å². The highest BCUT2D eigenvalue weighted by Crippen LogP contribution is 1.89. The number of aliphatic carboxylic acids is 1. The first-order chi connectivity index (χ1) is 6.11. The summed E-state index contributed by atoms with van der Waals surface area (Å²) < 4.78 is 0. The number of terminal acetylenes is 1. The Morgan fingerprint density at radius 2 is 2.23 bits per heavy atom. The zero-order chi connectivity index (χ0) is 10.3. The third kappa shape index (κ3) is 4.49. The average Bonchev–Trinajstić information content (AvgIpc) is 2.04. The van der Waals surface area contributed by atoms with E-state index >= 15 is 0 Å². The zero-order valence-electron chi connectivity index (χ0n) is 7.13. The van der Waals surface area contributed by atoms with Crippen LogP contribution < -0.4 is 5.32 Å². The van der Waals surface area contributed by atoms with Crippen LogP contribution in [0.15, 0.2) is 0 Å². The maximum atomic E-state index is 10.8. The van der Waals surface area contributed by atoms with Crippen LogP contribution in [0.3, 0.4) is 0 Å². The molecule has 0 heterocycles. The number of amides is 1. The van der Waals surface area contributed by atoms with E-state index in [4.69, 9.17) is 11.5 Å². The summed E-state index contributed by atoms with van der Waals surface area (Å²) in [4.78, 5) is 21.3. The van der Waals surface area contributed by atoms with Crippen molar-refractivity contribution in [3.63, 3.8) is 0 Å². The summed E-state index contributed by atoms with van der Waals surface area (Å²) in [7, 11) is 0. The molecule has 0 aromatic rings. The number of carbonyl (C=O) groups is 2. The highest BCUT2D eigenvalue weighted by atomic mass is 16.4. The summed E-state index contributed by atoms with van der Waals surface area (Å²) in [5.41, 5.74) is 0. The molecule has 0 aromatic carbocycles. The molecule has 0 aliphatic carbocycles. The topological polar surface area (TPSA) is 66.4 Å². The predicted octanol–water partition coefficient (Wildman–Crippen LogP) is -0.398. The van der Waals surface area contributed by atoms with Crippen molar-refractivity contribution >= 4 is 11.9 Å². The van der Waals surface area contributed by atoms with Crippen molar-refractivity contribution in [1.29, 1.82) is 0 Å². The normalized spacial score (nSPS) is 10.2. The molecule has 0 bridgehead atoms. The van der Waals surface area contributed by atoms with Gasteiger partial charge >= 0.3 is 5.97 Å². The molecule has 13 heavy (non-hydrogen) atoms. The van der Waals surface area contributed by atoms with Crippen LogP contribution >= 0.6 is 0 Å². The molecule has 68 valence electrons. The van der Waals surface area contributed by atoms with Gasteiger partial charge in [0.15, 0.2) is 0 Å². The molecule has 4 nitrogen and oxygen atoms in total. The first-order valence-corrected chi connectivity index (χ1v) is 3.51. The third-order valence-corrected chi connectivity index (χ3v) is 1.16. The number of carbonyl (C=O) groups excluding carboxylic acids is 1. The monoisotopic (exact) mass is 179 g/mol. The van der Waals surface area contributed by atoms with E-state index in [0.29, 0.717) is 0 Å². The van der Waals surface area contributed by atoms with Gasteiger partial charge in [-0.2, -0.15) is 0 Å². The smallest absolute Gasteiger partial charge is 0.327 e. The Hall–Kier alpha value is -1.94. The summed E-state index contributed by atoms with van der Waals surface area (Å²) in [5, 5.41) is 10.7. The van der Waals surface area contributed by atoms with Crippen molar-refractivity contribution < 1.29 is 14.7 Å². The third-order valence-electron chi connectivity index (χ3n) is 1.16. The number of hydrogen-bond acceptors (Lipinski definition) is 2. The standard InChI is InChI=1S/C9H9NO3/c1-3-5-7(9(12)13)10-8(11)6-4-2/h1,7H,5H2,2H3,(H,10,11)(H,12,13). The lowest BCUT2D eigenvalue weighted by atomic mass is 10.2. The van der Waals surface area contributed by atoms with Crippen LogP contribution in [0.1, 0.15) is 13.3 Å². The van der Waals surface area contributed by atoms with Crippen LogP contribution in [0, 0.1) is 24.2 Å². The van der Waals surface area contributed by atoms with Crippen molar-refractivity contribution in [2.75, 3.05) is 0 Å². The summed E-state index contributed by atoms with van der Waals surface area (Å²) in [6.07, 6.45) is 4.87. The van der Waals surface area contributed by atoms with Gasteiger partial charge in [0.25, 0.3) is 5.91 Å². The Morgan fingerprint density at radius 1 is 1.62 bits per heavy atom. The van der Waals surface area contributed by atoms with Gasteiger partial charge in [-0.05, 0) is 12.8 Å². The van der Waals surface area contributed by atoms with Crippen LogP contribution in [0.5, 0.6) is 0 Å². The van der Waals surface area contributed by atoms with Crippen LogP contribution in [0.25, 0.3) is 0 Å². The fourth-order valence-corrected chi connectivity index (χ4v) is 0.626. The largest absolute Gasteiger partial charge is 0.480 e. The fraction of sp³-hybridized carbons (Fsp3) is 0.333. The summed E-state index contributed by atoms with van der Waals surface area (Å²) in [5.74, 6) is 4.86. The Kier molecular flexibility index (Phi) is 4.83. The second-order valence-electron chi connectivity index (χ2n) is 2.15. The Morgan fingerprint density at radius 3 is 2.62 bits per heavy atom. The predicted molar refractivity (Wildman–Crippen MR) is 46.5 cm³/mol. The van der Waals surface area contributed by atoms with Gasteiger partial charge in [-0.3, -0.25) is 4.79 Å². The van der Waals surface area contributed by atoms with Gasteiger partial charge in [0.1, 0.15) is 6.04 Å². The van der Waals surface area contributed by atoms with Gasteiger partial charge in [0, 0.05) is 6.42 Å². The SMILES string of the molecule is C#CCC(NC(=O)C#CC)C(=O)O. The number of rotatable bonds is 3. The van der Waals surface area contributed by atoms with Crippen molar-refractivity contribution in [3.8, 4) is 24.2 Å². The molecule has 0 rings (SSSR count). The second kappa shape index (κ2) is 5.68. The average molecular weight is 179 g/mol. The van der Waals surface area contributed by atoms with Crippen molar-refractivity contribution in [2.45, 2.75) is 19.4 Å². The lowest BCUT2D eigenvalue weighted by Gasteiger charge is -2.07. The van der Waals surface area contributed by atoms with E-state index in [2.05, 4.69) is 23.1 Å². The molecule has 0 aliphatic rings. The van der Waals surface area contributed by atoms with Gasteiger partial charge < -0.3 is 10.4 Å². The second-order valence-corrected chi connectivity index (χ2v) is 2.15. The van der Waals surface area contributed by atoms with E-state index in [0.717, 1.165) is 0 Å². The molecule has 0 spiro atoms. The first-order valence-electron chi connectivity index (χ1n) is 3.51. The van der Waals surface area contributed by atoms with Crippen molar-refractivity contribution in [3.05, 3.63) is 0 Å². The maximum absolute atomic E-state index is 10.8. The molecule has 0 radical (unpaired) electrons. The maximum Gasteiger partial charge on any atom is 0.327 e. The molecule has 0 saturated heterocycles.